The topological polar surface area (TPSA) is 120 Å². The van der Waals surface area contributed by atoms with Crippen LogP contribution in [0.5, 0.6) is 0 Å². The first kappa shape index (κ1) is 81.2. The predicted octanol–water partition coefficient (Wildman–Crippen LogP) is 18.3. The highest BCUT2D eigenvalue weighted by Gasteiger charge is 2.56. The van der Waals surface area contributed by atoms with Crippen molar-refractivity contribution < 1.29 is 61.6 Å². The molecule has 592 valence electrons. The Bertz CT molecular complexity index is 4730. The molecule has 0 spiro atoms. The molecule has 3 heterocycles. The summed E-state index contributed by atoms with van der Waals surface area (Å²) in [5, 5.41) is 3.61. The van der Waals surface area contributed by atoms with Gasteiger partial charge in [0.05, 0.1) is 59.5 Å². The van der Waals surface area contributed by atoms with Gasteiger partial charge in [-0.15, -0.1) is 0 Å². The molecule has 0 amide bonds. The summed E-state index contributed by atoms with van der Waals surface area (Å²) in [4.78, 5) is 0. The molecule has 3 saturated heterocycles. The van der Waals surface area contributed by atoms with Crippen molar-refractivity contribution in [3.8, 4) is 0 Å². The van der Waals surface area contributed by atoms with Crippen molar-refractivity contribution in [2.45, 2.75) is 151 Å². The van der Waals surface area contributed by atoms with E-state index in [1.54, 1.807) is 7.11 Å². The number of hydrogen-bond acceptors (Lipinski definition) is 13. The van der Waals surface area contributed by atoms with Gasteiger partial charge in [0.25, 0.3) is 0 Å². The molecule has 0 N–H and O–H groups in total. The van der Waals surface area contributed by atoms with Crippen LogP contribution < -0.4 is 15.9 Å². The largest absolute Gasteiger partial charge is 0.368 e. The predicted molar refractivity (Wildman–Crippen MR) is 456 cm³/mol. The van der Waals surface area contributed by atoms with Crippen molar-refractivity contribution in [2.75, 3.05) is 13.3 Å². The summed E-state index contributed by atoms with van der Waals surface area (Å²) in [6, 6.07) is 125. The van der Waals surface area contributed by atoms with Crippen LogP contribution in [0.2, 0.25) is 0 Å². The third-order valence-electron chi connectivity index (χ3n) is 21.6. The van der Waals surface area contributed by atoms with Crippen LogP contribution in [-0.4, -0.2) is 105 Å². The summed E-state index contributed by atoms with van der Waals surface area (Å²) in [6.45, 7) is 2.20. The van der Waals surface area contributed by atoms with Gasteiger partial charge < -0.3 is 61.6 Å². The molecule has 13 nitrogen and oxygen atoms in total. The van der Waals surface area contributed by atoms with Crippen molar-refractivity contribution in [1.82, 2.24) is 0 Å². The number of hydrogen-bond donors (Lipinski definition) is 0. The Morgan fingerprint density at radius 3 is 0.655 bits per heavy atom. The van der Waals surface area contributed by atoms with Gasteiger partial charge in [-0.05, 0) is 86.5 Å². The number of rotatable bonds is 37. The van der Waals surface area contributed by atoms with E-state index in [1.807, 2.05) is 176 Å². The number of methoxy groups -OCH3 is 1. The van der Waals surface area contributed by atoms with Crippen molar-refractivity contribution in [1.29, 1.82) is 0 Å². The Balaban J connectivity index is 0.883. The van der Waals surface area contributed by atoms with Crippen LogP contribution in [0.3, 0.4) is 0 Å². The summed E-state index contributed by atoms with van der Waals surface area (Å²) in [5.41, 5.74) is 8.85. The third-order valence-corrected chi connectivity index (χ3v) is 26.1. The zero-order valence-electron chi connectivity index (χ0n) is 65.4. The Morgan fingerprint density at radius 2 is 0.405 bits per heavy atom. The molecule has 116 heavy (non-hydrogen) atoms. The minimum absolute atomic E-state index is 0.216. The Hall–Kier alpha value is -9.97. The second kappa shape index (κ2) is 42.2. The highest BCUT2D eigenvalue weighted by atomic mass is 31.2. The molecule has 3 fully saturated rings. The fourth-order valence-corrected chi connectivity index (χ4v) is 20.2. The van der Waals surface area contributed by atoms with Crippen molar-refractivity contribution in [2.24, 2.45) is 0 Å². The Kier molecular flexibility index (Phi) is 29.6. The second-order valence-corrected chi connectivity index (χ2v) is 33.1. The first-order valence-corrected chi connectivity index (χ1v) is 42.3. The molecule has 0 saturated carbocycles. The maximum Gasteiger partial charge on any atom is 0.186 e. The van der Waals surface area contributed by atoms with E-state index in [0.29, 0.717) is 6.16 Å². The van der Waals surface area contributed by atoms with Crippen molar-refractivity contribution in [3.63, 3.8) is 0 Å². The lowest BCUT2D eigenvalue weighted by atomic mass is 9.90. The maximum absolute atomic E-state index is 8.12. The van der Waals surface area contributed by atoms with E-state index in [0.717, 1.165) is 50.1 Å². The summed E-state index contributed by atoms with van der Waals surface area (Å²) in [6.07, 6.45) is -3.06. The molecule has 12 aromatic carbocycles. The molecule has 0 bridgehead atoms. The summed E-state index contributed by atoms with van der Waals surface area (Å²) < 4.78 is 95.9. The molecule has 15 atom stereocenters. The van der Waals surface area contributed by atoms with Gasteiger partial charge in [0.15, 0.2) is 6.29 Å². The van der Waals surface area contributed by atoms with Crippen LogP contribution >= 0.6 is 7.26 Å². The van der Waals surface area contributed by atoms with E-state index in [4.69, 9.17) is 61.6 Å². The van der Waals surface area contributed by atoms with Gasteiger partial charge in [-0.3, -0.25) is 0 Å². The zero-order valence-corrected chi connectivity index (χ0v) is 66.3. The van der Waals surface area contributed by atoms with Crippen LogP contribution in [0.1, 0.15) is 50.1 Å². The maximum atomic E-state index is 8.12. The molecule has 3 aliphatic rings. The lowest BCUT2D eigenvalue weighted by molar-refractivity contribution is -0.309. The van der Waals surface area contributed by atoms with Gasteiger partial charge >= 0.3 is 0 Å². The van der Waals surface area contributed by atoms with E-state index in [9.17, 15) is 0 Å². The summed E-state index contributed by atoms with van der Waals surface area (Å²) in [7, 11) is -1.05. The van der Waals surface area contributed by atoms with Gasteiger partial charge in [-0.1, -0.05) is 352 Å². The fourth-order valence-electron chi connectivity index (χ4n) is 15.8. The molecular weight excluding hydrogens is 1460 g/mol. The van der Waals surface area contributed by atoms with Crippen LogP contribution in [0.25, 0.3) is 0 Å². The SMILES string of the molecule is CO[C@H]1OC(/C=C\[C@@H]2OC(/C=C\[C@@H]3OC(C[P+](c4ccccc4)(c4ccccc4)c4ccccc4)[C@H](OCc4ccccc4)C(OCc4ccccc4)C3OCc3ccccc3)[C@H](OCc3ccccc3)C(OCc3ccccc3)C2OCc2ccccc2)[C@H](OCc2ccccc2)C(OCc2ccccc2)C1OCc1ccccc1. The van der Waals surface area contributed by atoms with E-state index in [2.05, 4.69) is 212 Å². The third kappa shape index (κ3) is 21.6. The lowest BCUT2D eigenvalue weighted by Gasteiger charge is -2.47. The molecule has 3 aliphatic heterocycles. The molecule has 0 aliphatic carbocycles. The van der Waals surface area contributed by atoms with Gasteiger partial charge in [0, 0.05) is 7.11 Å². The smallest absolute Gasteiger partial charge is 0.186 e. The highest BCUT2D eigenvalue weighted by molar-refractivity contribution is 7.95. The van der Waals surface area contributed by atoms with Crippen LogP contribution in [-0.2, 0) is 121 Å². The van der Waals surface area contributed by atoms with Gasteiger partial charge in [0.1, 0.15) is 115 Å². The van der Waals surface area contributed by atoms with E-state index >= 15 is 0 Å². The quantitative estimate of drug-likeness (QED) is 0.0272. The van der Waals surface area contributed by atoms with E-state index in [-0.39, 0.29) is 59.5 Å². The van der Waals surface area contributed by atoms with Crippen LogP contribution in [0, 0.1) is 0 Å². The average molecular weight is 1570 g/mol. The second-order valence-electron chi connectivity index (χ2n) is 29.5. The molecule has 12 aromatic rings. The van der Waals surface area contributed by atoms with Crippen LogP contribution in [0.15, 0.2) is 388 Å². The van der Waals surface area contributed by atoms with Crippen molar-refractivity contribution in [3.05, 3.63) is 438 Å². The number of benzene rings is 12. The first-order chi connectivity index (χ1) is 57.5. The van der Waals surface area contributed by atoms with E-state index < -0.39 is 99.0 Å². The molecule has 14 heteroatoms. The monoisotopic (exact) mass is 1570 g/mol. The Labute approximate surface area is 683 Å². The Morgan fingerprint density at radius 1 is 0.216 bits per heavy atom. The molecule has 9 unspecified atom stereocenters. The molecular formula is C102H102O13P+. The first-order valence-electron chi connectivity index (χ1n) is 40.3. The average Bonchev–Trinajstić information content (AvgIpc) is 0.739. The van der Waals surface area contributed by atoms with Gasteiger partial charge in [0.2, 0.25) is 0 Å². The molecule has 0 radical (unpaired) electrons. The summed E-state index contributed by atoms with van der Waals surface area (Å²) >= 11 is 0. The van der Waals surface area contributed by atoms with E-state index in [1.165, 1.54) is 15.9 Å². The standard InChI is InChI=1S/C102H102O13P/c1-103-102-101(112-74-84-54-30-10-31-55-84)100(111-73-83-52-28-9-29-53-83)96(107-69-79-44-20-5-21-45-79)91(115-102)65-64-89-94(105-67-77-40-16-3-17-41-77)98(109-71-81-48-24-7-25-49-81)93(104-66-76-38-14-2-15-39-76)88(113-89)62-63-90-95(106-68-78-42-18-4-19-43-78)99(110-72-82-50-26-8-27-51-82)97(108-70-80-46-22-6-23-47-80)92(114-90)75-116(85-56-32-11-33-57-85,86-58-34-12-35-59-86)87-60-36-13-37-61-87/h2-65,88-102H,66-75H2,1H3/q+1/b63-62-,65-64-/t88?,89-,90-,91?,92?,93-,94?,95?,96-,97-,98?,99?,100?,101?,102-/m0/s1. The highest BCUT2D eigenvalue weighted by Crippen LogP contribution is 2.57. The van der Waals surface area contributed by atoms with Gasteiger partial charge in [-0.25, -0.2) is 0 Å². The number of ether oxygens (including phenoxy) is 13. The lowest BCUT2D eigenvalue weighted by Crippen LogP contribution is -2.62. The minimum Gasteiger partial charge on any atom is -0.368 e. The normalized spacial score (nSPS) is 23.6. The molecule has 15 rings (SSSR count). The zero-order chi connectivity index (χ0) is 78.6. The summed E-state index contributed by atoms with van der Waals surface area (Å²) in [5.74, 6) is 0. The molecule has 0 aromatic heterocycles. The van der Waals surface area contributed by atoms with Crippen LogP contribution in [0.4, 0.5) is 0 Å². The minimum atomic E-state index is -2.69. The van der Waals surface area contributed by atoms with Crippen molar-refractivity contribution >= 4 is 23.2 Å². The fraction of sp³-hybridized carbons (Fsp3) is 0.255. The van der Waals surface area contributed by atoms with Gasteiger partial charge in [-0.2, -0.15) is 0 Å².